The number of aromatic nitrogens is 3. The third kappa shape index (κ3) is 2.86. The number of methoxy groups -OCH3 is 1. The van der Waals surface area contributed by atoms with Crippen molar-refractivity contribution in [3.8, 4) is 5.75 Å². The largest absolute Gasteiger partial charge is 0.496 e. The van der Waals surface area contributed by atoms with Crippen molar-refractivity contribution in [1.82, 2.24) is 25.2 Å². The number of amides is 1. The number of hydrogen-bond donors (Lipinski definition) is 1. The van der Waals surface area contributed by atoms with E-state index in [1.165, 1.54) is 0 Å². The Morgan fingerprint density at radius 1 is 1.52 bits per heavy atom. The summed E-state index contributed by atoms with van der Waals surface area (Å²) in [7, 11) is 3.36. The zero-order valence-electron chi connectivity index (χ0n) is 13.5. The van der Waals surface area contributed by atoms with Crippen molar-refractivity contribution in [2.24, 2.45) is 0 Å². The standard InChI is InChI=1S/C16H21N5O2/c1-4-21-7-5-6-11(21)10-20(2)16(22)12-8-13-14(18-19-17-13)9-15(12)23-3/h4,8-9,11H,1,5-7,10H2,2-3H3,(H,17,18,19). The Balaban J connectivity index is 1.82. The first-order valence-electron chi connectivity index (χ1n) is 7.66. The minimum absolute atomic E-state index is 0.0809. The van der Waals surface area contributed by atoms with Crippen LogP contribution < -0.4 is 4.74 Å². The van der Waals surface area contributed by atoms with Crippen molar-refractivity contribution < 1.29 is 9.53 Å². The molecule has 7 heteroatoms. The molecule has 122 valence electrons. The number of benzene rings is 1. The lowest BCUT2D eigenvalue weighted by molar-refractivity contribution is 0.0763. The van der Waals surface area contributed by atoms with E-state index < -0.39 is 0 Å². The van der Waals surface area contributed by atoms with E-state index in [4.69, 9.17) is 4.74 Å². The molecule has 0 radical (unpaired) electrons. The molecule has 0 saturated carbocycles. The maximum atomic E-state index is 12.8. The van der Waals surface area contributed by atoms with Crippen molar-refractivity contribution in [1.29, 1.82) is 0 Å². The normalized spacial score (nSPS) is 17.5. The first kappa shape index (κ1) is 15.3. The van der Waals surface area contributed by atoms with Crippen LogP contribution in [-0.4, -0.2) is 64.4 Å². The molecule has 1 N–H and O–H groups in total. The number of nitrogens with one attached hydrogen (secondary N) is 1. The van der Waals surface area contributed by atoms with E-state index in [1.807, 2.05) is 13.2 Å². The van der Waals surface area contributed by atoms with Crippen molar-refractivity contribution in [2.45, 2.75) is 18.9 Å². The summed E-state index contributed by atoms with van der Waals surface area (Å²) < 4.78 is 5.35. The number of hydrogen-bond acceptors (Lipinski definition) is 5. The molecule has 2 aromatic rings. The van der Waals surface area contributed by atoms with Crippen LogP contribution in [0.4, 0.5) is 0 Å². The van der Waals surface area contributed by atoms with E-state index in [2.05, 4.69) is 26.9 Å². The monoisotopic (exact) mass is 315 g/mol. The van der Waals surface area contributed by atoms with Gasteiger partial charge in [0.2, 0.25) is 0 Å². The van der Waals surface area contributed by atoms with Gasteiger partial charge in [-0.15, -0.1) is 0 Å². The number of carbonyl (C=O) groups excluding carboxylic acids is 1. The fourth-order valence-electron chi connectivity index (χ4n) is 3.10. The molecule has 1 atom stereocenters. The maximum Gasteiger partial charge on any atom is 0.257 e. The lowest BCUT2D eigenvalue weighted by Crippen LogP contribution is -2.39. The van der Waals surface area contributed by atoms with Crippen LogP contribution in [0.2, 0.25) is 0 Å². The van der Waals surface area contributed by atoms with Crippen LogP contribution in [0, 0.1) is 0 Å². The maximum absolute atomic E-state index is 12.8. The first-order valence-corrected chi connectivity index (χ1v) is 7.66. The molecule has 1 aliphatic heterocycles. The van der Waals surface area contributed by atoms with Crippen molar-refractivity contribution in [3.05, 3.63) is 30.5 Å². The van der Waals surface area contributed by atoms with Gasteiger partial charge in [-0.05, 0) is 25.1 Å². The minimum Gasteiger partial charge on any atom is -0.496 e. The van der Waals surface area contributed by atoms with Crippen LogP contribution in [0.15, 0.2) is 24.9 Å². The highest BCUT2D eigenvalue weighted by Gasteiger charge is 2.26. The van der Waals surface area contributed by atoms with Gasteiger partial charge in [0.25, 0.3) is 5.91 Å². The molecule has 1 fully saturated rings. The Bertz CT molecular complexity index is 726. The van der Waals surface area contributed by atoms with Gasteiger partial charge in [0.05, 0.1) is 12.7 Å². The van der Waals surface area contributed by atoms with Crippen LogP contribution in [0.5, 0.6) is 5.75 Å². The summed E-state index contributed by atoms with van der Waals surface area (Å²) in [5.74, 6) is 0.429. The van der Waals surface area contributed by atoms with Gasteiger partial charge in [0, 0.05) is 32.2 Å². The Labute approximate surface area is 134 Å². The minimum atomic E-state index is -0.0809. The lowest BCUT2D eigenvalue weighted by Gasteiger charge is -2.27. The number of nitrogens with zero attached hydrogens (tertiary/aromatic N) is 4. The number of likely N-dealkylation sites (tertiary alicyclic amines) is 1. The number of fused-ring (bicyclic) bond motifs is 1. The average Bonchev–Trinajstić information content (AvgIpc) is 3.20. The van der Waals surface area contributed by atoms with Gasteiger partial charge < -0.3 is 14.5 Å². The molecule has 1 aliphatic rings. The van der Waals surface area contributed by atoms with Gasteiger partial charge in [0.15, 0.2) is 0 Å². The zero-order valence-corrected chi connectivity index (χ0v) is 13.5. The molecule has 7 nitrogen and oxygen atoms in total. The number of rotatable bonds is 5. The molecule has 1 aromatic heterocycles. The molecule has 0 aliphatic carbocycles. The molecule has 3 rings (SSSR count). The lowest BCUT2D eigenvalue weighted by atomic mass is 10.1. The van der Waals surface area contributed by atoms with E-state index >= 15 is 0 Å². The third-order valence-corrected chi connectivity index (χ3v) is 4.36. The summed E-state index contributed by atoms with van der Waals surface area (Å²) in [6, 6.07) is 3.77. The highest BCUT2D eigenvalue weighted by atomic mass is 16.5. The van der Waals surface area contributed by atoms with Gasteiger partial charge in [-0.1, -0.05) is 6.58 Å². The number of aromatic amines is 1. The fraction of sp³-hybridized carbons (Fsp3) is 0.438. The summed E-state index contributed by atoms with van der Waals surface area (Å²) >= 11 is 0. The molecular weight excluding hydrogens is 294 g/mol. The molecule has 1 saturated heterocycles. The van der Waals surface area contributed by atoms with Gasteiger partial charge >= 0.3 is 0 Å². The SMILES string of the molecule is C=CN1CCCC1CN(C)C(=O)c1cc2n[nH]nc2cc1OC. The van der Waals surface area contributed by atoms with Crippen LogP contribution in [0.25, 0.3) is 11.0 Å². The summed E-state index contributed by atoms with van der Waals surface area (Å²) in [5.41, 5.74) is 1.82. The topological polar surface area (TPSA) is 74.4 Å². The smallest absolute Gasteiger partial charge is 0.257 e. The number of ether oxygens (including phenoxy) is 1. The highest BCUT2D eigenvalue weighted by molar-refractivity contribution is 6.00. The van der Waals surface area contributed by atoms with Crippen molar-refractivity contribution in [3.63, 3.8) is 0 Å². The van der Waals surface area contributed by atoms with Crippen LogP contribution in [-0.2, 0) is 0 Å². The first-order chi connectivity index (χ1) is 11.1. The van der Waals surface area contributed by atoms with E-state index in [-0.39, 0.29) is 5.91 Å². The van der Waals surface area contributed by atoms with Crippen molar-refractivity contribution >= 4 is 16.9 Å². The molecule has 0 bridgehead atoms. The number of H-pyrrole nitrogens is 1. The summed E-state index contributed by atoms with van der Waals surface area (Å²) in [5, 5.41) is 10.6. The van der Waals surface area contributed by atoms with Crippen LogP contribution >= 0.6 is 0 Å². The van der Waals surface area contributed by atoms with Gasteiger partial charge in [-0.3, -0.25) is 4.79 Å². The van der Waals surface area contributed by atoms with Crippen LogP contribution in [0.3, 0.4) is 0 Å². The van der Waals surface area contributed by atoms with E-state index in [0.717, 1.165) is 19.4 Å². The van der Waals surface area contributed by atoms with E-state index in [9.17, 15) is 4.79 Å². The Morgan fingerprint density at radius 3 is 2.96 bits per heavy atom. The molecule has 1 amide bonds. The zero-order chi connectivity index (χ0) is 16.4. The second-order valence-corrected chi connectivity index (χ2v) is 5.77. The number of carbonyl (C=O) groups is 1. The summed E-state index contributed by atoms with van der Waals surface area (Å²) in [6.07, 6.45) is 4.06. The predicted molar refractivity (Wildman–Crippen MR) is 87.3 cm³/mol. The summed E-state index contributed by atoms with van der Waals surface area (Å²) in [4.78, 5) is 16.7. The molecule has 23 heavy (non-hydrogen) atoms. The molecule has 0 spiro atoms. The average molecular weight is 315 g/mol. The van der Waals surface area contributed by atoms with Crippen LogP contribution in [0.1, 0.15) is 23.2 Å². The van der Waals surface area contributed by atoms with Gasteiger partial charge in [0.1, 0.15) is 16.8 Å². The van der Waals surface area contributed by atoms with Gasteiger partial charge in [-0.25, -0.2) is 0 Å². The summed E-state index contributed by atoms with van der Waals surface area (Å²) in [6.45, 7) is 5.50. The Morgan fingerprint density at radius 2 is 2.26 bits per heavy atom. The fourth-order valence-corrected chi connectivity index (χ4v) is 3.10. The molecule has 1 aromatic carbocycles. The van der Waals surface area contributed by atoms with Gasteiger partial charge in [-0.2, -0.15) is 15.4 Å². The second kappa shape index (κ2) is 6.28. The second-order valence-electron chi connectivity index (χ2n) is 5.77. The molecular formula is C16H21N5O2. The van der Waals surface area contributed by atoms with E-state index in [0.29, 0.717) is 34.9 Å². The molecule has 2 heterocycles. The quantitative estimate of drug-likeness (QED) is 0.908. The predicted octanol–water partition coefficient (Wildman–Crippen LogP) is 1.65. The van der Waals surface area contributed by atoms with Crippen molar-refractivity contribution in [2.75, 3.05) is 27.2 Å². The third-order valence-electron chi connectivity index (χ3n) is 4.36. The number of likely N-dealkylation sites (N-methyl/N-ethyl adjacent to an activating group) is 1. The Hall–Kier alpha value is -2.57. The Kier molecular flexibility index (Phi) is 4.18. The highest BCUT2D eigenvalue weighted by Crippen LogP contribution is 2.25. The van der Waals surface area contributed by atoms with E-state index in [1.54, 1.807) is 24.1 Å². The molecule has 1 unspecified atom stereocenters.